The van der Waals surface area contributed by atoms with E-state index in [0.717, 1.165) is 83.5 Å². The fourth-order valence-corrected chi connectivity index (χ4v) is 8.36. The van der Waals surface area contributed by atoms with Crippen molar-refractivity contribution in [2.75, 3.05) is 13.2 Å². The standard InChI is InChI=1S/C56H101NO8/c1-3-5-7-9-11-13-15-17-19-21-23-24-25-26-28-30-32-34-36-38-40-42-44-46-52(60)57-49(48-64-56-55(63)54(62)53(61)51(47-58)65-56)50(59)45-43-41-39-37-35-33-31-29-27-22-20-18-16-14-12-10-8-6-4-2/h5,7,11,13,17,19,23-24,26,28,49-51,53-56,58-59,61-63H,3-4,6,8-10,12,14-16,18,20-22,25,27,29-48H2,1-2H3,(H,57,60)/b7-5-,13-11-,19-17-,24-23-,28-26-. The fraction of sp³-hybridized carbons (Fsp3) is 0.804. The first-order valence-electron chi connectivity index (χ1n) is 27.0. The molecule has 6 N–H and O–H groups in total. The van der Waals surface area contributed by atoms with Gasteiger partial charge in [-0.1, -0.05) is 229 Å². The molecule has 7 unspecified atom stereocenters. The molecule has 0 bridgehead atoms. The number of aliphatic hydroxyl groups is 5. The molecule has 65 heavy (non-hydrogen) atoms. The van der Waals surface area contributed by atoms with Crippen LogP contribution in [0.25, 0.3) is 0 Å². The van der Waals surface area contributed by atoms with Gasteiger partial charge in [0.05, 0.1) is 25.4 Å². The molecule has 1 aliphatic heterocycles. The highest BCUT2D eigenvalue weighted by atomic mass is 16.7. The van der Waals surface area contributed by atoms with Gasteiger partial charge in [0.1, 0.15) is 24.4 Å². The van der Waals surface area contributed by atoms with Crippen molar-refractivity contribution in [3.8, 4) is 0 Å². The van der Waals surface area contributed by atoms with Gasteiger partial charge in [-0.15, -0.1) is 0 Å². The molecule has 378 valence electrons. The lowest BCUT2D eigenvalue weighted by Gasteiger charge is -2.40. The van der Waals surface area contributed by atoms with Gasteiger partial charge >= 0.3 is 0 Å². The van der Waals surface area contributed by atoms with Crippen molar-refractivity contribution in [3.63, 3.8) is 0 Å². The molecule has 0 aliphatic carbocycles. The molecule has 1 heterocycles. The molecule has 1 fully saturated rings. The second-order valence-corrected chi connectivity index (χ2v) is 18.6. The minimum atomic E-state index is -1.56. The van der Waals surface area contributed by atoms with Crippen LogP contribution < -0.4 is 5.32 Å². The predicted octanol–water partition coefficient (Wildman–Crippen LogP) is 12.7. The Hall–Kier alpha value is -2.11. The lowest BCUT2D eigenvalue weighted by molar-refractivity contribution is -0.302. The van der Waals surface area contributed by atoms with Crippen molar-refractivity contribution in [2.45, 2.75) is 275 Å². The summed E-state index contributed by atoms with van der Waals surface area (Å²) < 4.78 is 11.3. The van der Waals surface area contributed by atoms with Gasteiger partial charge in [0.25, 0.3) is 0 Å². The van der Waals surface area contributed by atoms with E-state index in [0.29, 0.717) is 12.8 Å². The van der Waals surface area contributed by atoms with E-state index in [1.165, 1.54) is 122 Å². The first-order valence-corrected chi connectivity index (χ1v) is 27.0. The van der Waals surface area contributed by atoms with Gasteiger partial charge in [0.15, 0.2) is 6.29 Å². The van der Waals surface area contributed by atoms with E-state index in [1.54, 1.807) is 0 Å². The molecule has 1 rings (SSSR count). The molecular weight excluding hydrogens is 815 g/mol. The van der Waals surface area contributed by atoms with Crippen molar-refractivity contribution in [1.82, 2.24) is 5.32 Å². The van der Waals surface area contributed by atoms with E-state index in [9.17, 15) is 30.3 Å². The highest BCUT2D eigenvalue weighted by molar-refractivity contribution is 5.76. The van der Waals surface area contributed by atoms with Crippen LogP contribution in [0.1, 0.15) is 232 Å². The average Bonchev–Trinajstić information content (AvgIpc) is 3.31. The third kappa shape index (κ3) is 35.7. The second-order valence-electron chi connectivity index (χ2n) is 18.6. The summed E-state index contributed by atoms with van der Waals surface area (Å²) in [7, 11) is 0. The maximum Gasteiger partial charge on any atom is 0.220 e. The molecule has 0 spiro atoms. The molecule has 0 radical (unpaired) electrons. The van der Waals surface area contributed by atoms with Crippen LogP contribution in [0.2, 0.25) is 0 Å². The number of carbonyl (C=O) groups is 1. The number of carbonyl (C=O) groups excluding carboxylic acids is 1. The van der Waals surface area contributed by atoms with Gasteiger partial charge in [0.2, 0.25) is 5.91 Å². The molecule has 1 amide bonds. The van der Waals surface area contributed by atoms with Crippen LogP contribution in [0.3, 0.4) is 0 Å². The lowest BCUT2D eigenvalue weighted by Crippen LogP contribution is -2.60. The number of rotatable bonds is 45. The Kier molecular flexibility index (Phi) is 42.8. The average molecular weight is 916 g/mol. The zero-order valence-electron chi connectivity index (χ0n) is 41.7. The van der Waals surface area contributed by atoms with Crippen molar-refractivity contribution < 1.29 is 39.8 Å². The molecular formula is C56H101NO8. The van der Waals surface area contributed by atoms with Crippen molar-refractivity contribution in [2.24, 2.45) is 0 Å². The van der Waals surface area contributed by atoms with Crippen molar-refractivity contribution in [1.29, 1.82) is 0 Å². The second kappa shape index (κ2) is 45.7. The van der Waals surface area contributed by atoms with E-state index in [4.69, 9.17) is 9.47 Å². The summed E-state index contributed by atoms with van der Waals surface area (Å²) >= 11 is 0. The Labute approximate surface area is 398 Å². The van der Waals surface area contributed by atoms with Crippen molar-refractivity contribution >= 4 is 5.91 Å². The van der Waals surface area contributed by atoms with Crippen LogP contribution >= 0.6 is 0 Å². The molecule has 1 aliphatic rings. The van der Waals surface area contributed by atoms with Gasteiger partial charge in [-0.25, -0.2) is 0 Å². The normalized spacial score (nSPS) is 20.4. The van der Waals surface area contributed by atoms with Gasteiger partial charge < -0.3 is 40.3 Å². The Morgan fingerprint density at radius 2 is 0.954 bits per heavy atom. The van der Waals surface area contributed by atoms with Gasteiger partial charge in [-0.3, -0.25) is 4.79 Å². The van der Waals surface area contributed by atoms with Crippen LogP contribution in [-0.4, -0.2) is 87.5 Å². The van der Waals surface area contributed by atoms with Crippen LogP contribution in [0.15, 0.2) is 60.8 Å². The highest BCUT2D eigenvalue weighted by Crippen LogP contribution is 2.23. The van der Waals surface area contributed by atoms with Crippen LogP contribution in [0, 0.1) is 0 Å². The molecule has 0 aromatic carbocycles. The highest BCUT2D eigenvalue weighted by Gasteiger charge is 2.44. The number of allylic oxidation sites excluding steroid dienone is 10. The van der Waals surface area contributed by atoms with E-state index < -0.39 is 49.5 Å². The SMILES string of the molecule is CC/C=C\C/C=C\C/C=C\C/C=C\C/C=C\CCCCCCCCCC(=O)NC(COC1OC(CO)C(O)C(O)C1O)C(O)CCCCCCCCCCCCCCCCCCCCC. The fourth-order valence-electron chi connectivity index (χ4n) is 8.36. The molecule has 0 aromatic rings. The zero-order valence-corrected chi connectivity index (χ0v) is 41.7. The van der Waals surface area contributed by atoms with Gasteiger partial charge in [0, 0.05) is 6.42 Å². The molecule has 9 nitrogen and oxygen atoms in total. The molecule has 0 saturated carbocycles. The summed E-state index contributed by atoms with van der Waals surface area (Å²) in [6.45, 7) is 3.73. The Morgan fingerprint density at radius 1 is 0.538 bits per heavy atom. The quantitative estimate of drug-likeness (QED) is 0.0261. The number of aliphatic hydroxyl groups excluding tert-OH is 5. The van der Waals surface area contributed by atoms with Gasteiger partial charge in [-0.05, 0) is 57.8 Å². The van der Waals surface area contributed by atoms with E-state index in [-0.39, 0.29) is 12.5 Å². The summed E-state index contributed by atoms with van der Waals surface area (Å²) in [6, 6.07) is -0.728. The van der Waals surface area contributed by atoms with Crippen LogP contribution in [0.5, 0.6) is 0 Å². The Balaban J connectivity index is 2.26. The number of hydrogen-bond donors (Lipinski definition) is 6. The monoisotopic (exact) mass is 916 g/mol. The third-order valence-corrected chi connectivity index (χ3v) is 12.6. The van der Waals surface area contributed by atoms with E-state index >= 15 is 0 Å². The van der Waals surface area contributed by atoms with Crippen LogP contribution in [-0.2, 0) is 14.3 Å². The maximum absolute atomic E-state index is 13.1. The Bertz CT molecular complexity index is 1200. The number of nitrogens with one attached hydrogen (secondary N) is 1. The summed E-state index contributed by atoms with van der Waals surface area (Å²) in [5, 5.41) is 54.6. The van der Waals surface area contributed by atoms with E-state index in [2.05, 4.69) is 79.9 Å². The minimum Gasteiger partial charge on any atom is -0.394 e. The molecule has 9 heteroatoms. The summed E-state index contributed by atoms with van der Waals surface area (Å²) in [5.41, 5.74) is 0. The molecule has 7 atom stereocenters. The summed E-state index contributed by atoms with van der Waals surface area (Å²) in [6.07, 6.45) is 53.7. The largest absolute Gasteiger partial charge is 0.394 e. The van der Waals surface area contributed by atoms with Crippen LogP contribution in [0.4, 0.5) is 0 Å². The number of hydrogen-bond acceptors (Lipinski definition) is 8. The first-order chi connectivity index (χ1) is 31.8. The van der Waals surface area contributed by atoms with Crippen molar-refractivity contribution in [3.05, 3.63) is 60.8 Å². The summed E-state index contributed by atoms with van der Waals surface area (Å²) in [5.74, 6) is -0.156. The first kappa shape index (κ1) is 60.9. The lowest BCUT2D eigenvalue weighted by atomic mass is 9.99. The zero-order chi connectivity index (χ0) is 47.3. The Morgan fingerprint density at radius 3 is 1.42 bits per heavy atom. The smallest absolute Gasteiger partial charge is 0.220 e. The molecule has 0 aromatic heterocycles. The molecule has 1 saturated heterocycles. The van der Waals surface area contributed by atoms with E-state index in [1.807, 2.05) is 0 Å². The topological polar surface area (TPSA) is 149 Å². The maximum atomic E-state index is 13.1. The predicted molar refractivity (Wildman–Crippen MR) is 272 cm³/mol. The number of ether oxygens (including phenoxy) is 2. The minimum absolute atomic E-state index is 0.144. The number of unbranched alkanes of at least 4 members (excludes halogenated alkanes) is 25. The third-order valence-electron chi connectivity index (χ3n) is 12.6. The van der Waals surface area contributed by atoms with Gasteiger partial charge in [-0.2, -0.15) is 0 Å². The summed E-state index contributed by atoms with van der Waals surface area (Å²) in [4.78, 5) is 13.1. The number of amides is 1.